The van der Waals surface area contributed by atoms with Gasteiger partial charge < -0.3 is 0 Å². The Labute approximate surface area is 275 Å². The van der Waals surface area contributed by atoms with Crippen LogP contribution in [0.3, 0.4) is 0 Å². The molecule has 43 heavy (non-hydrogen) atoms. The van der Waals surface area contributed by atoms with Crippen LogP contribution in [0.15, 0.2) is 158 Å². The normalized spacial score (nSPS) is 11.9. The number of benzene rings is 4. The molecule has 210 valence electrons. The molecule has 0 unspecified atom stereocenters. The van der Waals surface area contributed by atoms with Crippen molar-refractivity contribution in [2.45, 2.75) is 0 Å². The van der Waals surface area contributed by atoms with E-state index in [0.717, 1.165) is 0 Å². The van der Waals surface area contributed by atoms with E-state index in [0.29, 0.717) is 0 Å². The van der Waals surface area contributed by atoms with Gasteiger partial charge >= 0.3 is 0 Å². The average Bonchev–Trinajstić information content (AvgIpc) is 3.87. The Morgan fingerprint density at radius 2 is 0.558 bits per heavy atom. The maximum absolute atomic E-state index is 6.58. The molecule has 0 bridgehead atoms. The van der Waals surface area contributed by atoms with Gasteiger partial charge in [0.1, 0.15) is 0 Å². The second-order valence-corrected chi connectivity index (χ2v) is 22.6. The zero-order valence-electron chi connectivity index (χ0n) is 22.9. The van der Waals surface area contributed by atoms with E-state index >= 15 is 0 Å². The summed E-state index contributed by atoms with van der Waals surface area (Å²) in [6.07, 6.45) is 0. The van der Waals surface area contributed by atoms with Crippen LogP contribution >= 0.6 is 46.1 Å². The first-order chi connectivity index (χ1) is 21.1. The van der Waals surface area contributed by atoms with Crippen LogP contribution in [0.4, 0.5) is 0 Å². The first kappa shape index (κ1) is 29.0. The number of rotatable bonds is 8. The minimum atomic E-state index is -2.15. The summed E-state index contributed by atoms with van der Waals surface area (Å²) in [5.74, 6) is 0. The highest BCUT2D eigenvalue weighted by atomic mass is 32.4. The van der Waals surface area contributed by atoms with Crippen molar-refractivity contribution in [3.05, 3.63) is 158 Å². The average molecular weight is 681 g/mol. The van der Waals surface area contributed by atoms with E-state index in [2.05, 4.69) is 158 Å². The van der Waals surface area contributed by atoms with Gasteiger partial charge in [-0.3, -0.25) is 0 Å². The summed E-state index contributed by atoms with van der Waals surface area (Å²) >= 11 is 18.7. The fourth-order valence-electron chi connectivity index (χ4n) is 5.22. The molecule has 0 atom stereocenters. The largest absolute Gasteiger partial charge is 0.134 e. The lowest BCUT2D eigenvalue weighted by Crippen LogP contribution is -2.22. The van der Waals surface area contributed by atoms with E-state index < -0.39 is 12.1 Å². The highest BCUT2D eigenvalue weighted by Gasteiger charge is 2.28. The first-order valence-electron chi connectivity index (χ1n) is 13.8. The second-order valence-electron chi connectivity index (χ2n) is 10.0. The Balaban J connectivity index is 1.24. The summed E-state index contributed by atoms with van der Waals surface area (Å²) < 4.78 is 2.55. The molecule has 0 aliphatic heterocycles. The molecule has 0 fully saturated rings. The fourth-order valence-corrected chi connectivity index (χ4v) is 17.8. The summed E-state index contributed by atoms with van der Waals surface area (Å²) in [5.41, 5.74) is 0. The highest BCUT2D eigenvalue weighted by Crippen LogP contribution is 2.49. The molecule has 3 heterocycles. The van der Waals surface area contributed by atoms with Gasteiger partial charge in [0.2, 0.25) is 0 Å². The number of thiophene rings is 3. The lowest BCUT2D eigenvalue weighted by Gasteiger charge is -2.22. The van der Waals surface area contributed by atoms with Crippen molar-refractivity contribution in [1.29, 1.82) is 0 Å². The Kier molecular flexibility index (Phi) is 8.33. The van der Waals surface area contributed by atoms with Gasteiger partial charge in [-0.15, -0.1) is 34.0 Å². The number of hydrogen-bond donors (Lipinski definition) is 0. The van der Waals surface area contributed by atoms with E-state index in [4.69, 9.17) is 23.6 Å². The lowest BCUT2D eigenvalue weighted by atomic mass is 10.3. The van der Waals surface area contributed by atoms with E-state index in [-0.39, 0.29) is 0 Å². The molecule has 0 nitrogen and oxygen atoms in total. The Morgan fingerprint density at radius 1 is 0.302 bits per heavy atom. The summed E-state index contributed by atoms with van der Waals surface area (Å²) in [7, 11) is 0. The molecule has 7 rings (SSSR count). The van der Waals surface area contributed by atoms with Crippen molar-refractivity contribution in [1.82, 2.24) is 0 Å². The molecule has 0 saturated heterocycles. The topological polar surface area (TPSA) is 0 Å². The maximum atomic E-state index is 6.58. The quantitative estimate of drug-likeness (QED) is 0.147. The molecule has 0 spiro atoms. The van der Waals surface area contributed by atoms with Crippen LogP contribution in [0.25, 0.3) is 19.5 Å². The second kappa shape index (κ2) is 12.3. The summed E-state index contributed by atoms with van der Waals surface area (Å²) in [5, 5.41) is 4.93. The molecule has 7 heteroatoms. The van der Waals surface area contributed by atoms with Crippen LogP contribution in [-0.4, -0.2) is 0 Å². The Bertz CT molecular complexity index is 1840. The Morgan fingerprint density at radius 3 is 0.860 bits per heavy atom. The van der Waals surface area contributed by atoms with Crippen LogP contribution in [0.1, 0.15) is 0 Å². The number of hydrogen-bond acceptors (Lipinski definition) is 5. The first-order valence-corrected chi connectivity index (χ1v) is 21.9. The minimum absolute atomic E-state index is 1.23. The molecule has 0 aliphatic carbocycles. The van der Waals surface area contributed by atoms with Crippen molar-refractivity contribution in [3.8, 4) is 19.5 Å². The van der Waals surface area contributed by atoms with Crippen LogP contribution in [0.2, 0.25) is 0 Å². The van der Waals surface area contributed by atoms with Gasteiger partial charge in [0.15, 0.2) is 0 Å². The third-order valence-corrected chi connectivity index (χ3v) is 22.9. The van der Waals surface area contributed by atoms with Crippen LogP contribution in [0, 0.1) is 0 Å². The lowest BCUT2D eigenvalue weighted by molar-refractivity contribution is 1.75. The van der Waals surface area contributed by atoms with Crippen LogP contribution < -0.4 is 30.5 Å². The molecular weight excluding hydrogens is 655 g/mol. The van der Waals surface area contributed by atoms with Crippen LogP contribution in [-0.2, 0) is 23.6 Å². The SMILES string of the molecule is S=P(c1ccccc1)(c1ccccc1)c1ccc(-c2ccc(-c3ccc(P(=S)(c4ccccc4)c4ccccc4)s3)s2)s1. The molecule has 0 radical (unpaired) electrons. The van der Waals surface area contributed by atoms with Gasteiger partial charge in [-0.2, -0.15) is 0 Å². The van der Waals surface area contributed by atoms with Gasteiger partial charge in [-0.1, -0.05) is 145 Å². The molecular formula is C36H26P2S5. The van der Waals surface area contributed by atoms with E-state index in [1.165, 1.54) is 50.0 Å². The third kappa shape index (κ3) is 5.43. The molecule has 0 aliphatic rings. The zero-order valence-corrected chi connectivity index (χ0v) is 28.8. The molecule has 0 N–H and O–H groups in total. The zero-order chi connectivity index (χ0) is 29.3. The van der Waals surface area contributed by atoms with E-state index in [9.17, 15) is 0 Å². The molecule has 7 aromatic rings. The van der Waals surface area contributed by atoms with Gasteiger partial charge in [-0.05, 0) is 57.6 Å². The predicted octanol–water partition coefficient (Wildman–Crippen LogP) is 8.72. The van der Waals surface area contributed by atoms with E-state index in [1.807, 2.05) is 34.0 Å². The van der Waals surface area contributed by atoms with Crippen molar-refractivity contribution < 1.29 is 0 Å². The molecule has 4 aromatic carbocycles. The van der Waals surface area contributed by atoms with Gasteiger partial charge in [-0.25, -0.2) is 0 Å². The Hall–Kier alpha value is -2.72. The predicted molar refractivity (Wildman–Crippen MR) is 203 cm³/mol. The highest BCUT2D eigenvalue weighted by molar-refractivity contribution is 8.27. The summed E-state index contributed by atoms with van der Waals surface area (Å²) in [4.78, 5) is 5.08. The van der Waals surface area contributed by atoms with Gasteiger partial charge in [0.25, 0.3) is 0 Å². The van der Waals surface area contributed by atoms with Crippen molar-refractivity contribution in [3.63, 3.8) is 0 Å². The summed E-state index contributed by atoms with van der Waals surface area (Å²) in [6.45, 7) is 0. The molecule has 3 aromatic heterocycles. The van der Waals surface area contributed by atoms with E-state index in [1.54, 1.807) is 0 Å². The summed E-state index contributed by atoms with van der Waals surface area (Å²) in [6, 6.07) is 51.9. The standard InChI is InChI=1S/C36H26P2S5/c39-37(27-13-5-1-6-14-27,28-15-7-2-8-16-28)35-25-23-33(42-35)31-21-22-32(41-31)34-24-26-36(43-34)38(40,29-17-9-3-10-18-29)30-19-11-4-12-20-30/h1-26H. The monoisotopic (exact) mass is 680 g/mol. The van der Waals surface area contributed by atoms with Crippen molar-refractivity contribution >= 4 is 100 Å². The van der Waals surface area contributed by atoms with Gasteiger partial charge in [0, 0.05) is 40.8 Å². The van der Waals surface area contributed by atoms with Gasteiger partial charge in [0.05, 0.1) is 0 Å². The van der Waals surface area contributed by atoms with Crippen molar-refractivity contribution in [2.24, 2.45) is 0 Å². The molecule has 0 saturated carbocycles. The smallest absolute Gasteiger partial charge is 0.0475 e. The maximum Gasteiger partial charge on any atom is 0.0475 e. The third-order valence-electron chi connectivity index (χ3n) is 7.38. The fraction of sp³-hybridized carbons (Fsp3) is 0. The minimum Gasteiger partial charge on any atom is -0.134 e. The molecule has 0 amide bonds. The van der Waals surface area contributed by atoms with Crippen molar-refractivity contribution in [2.75, 3.05) is 0 Å². The van der Waals surface area contributed by atoms with Crippen LogP contribution in [0.5, 0.6) is 0 Å².